The zero-order valence-corrected chi connectivity index (χ0v) is 28.9. The first kappa shape index (κ1) is 40.7. The fourth-order valence-corrected chi connectivity index (χ4v) is 4.23. The third-order valence-electron chi connectivity index (χ3n) is 6.68. The predicted molar refractivity (Wildman–Crippen MR) is 169 cm³/mol. The molecular formula is C34H70O7. The van der Waals surface area contributed by atoms with Gasteiger partial charge in [0.15, 0.2) is 0 Å². The smallest absolute Gasteiger partial charge is 0.312 e. The van der Waals surface area contributed by atoms with Gasteiger partial charge in [-0.3, -0.25) is 0 Å². The van der Waals surface area contributed by atoms with Crippen molar-refractivity contribution in [1.29, 1.82) is 0 Å². The summed E-state index contributed by atoms with van der Waals surface area (Å²) in [6.07, 6.45) is 14.5. The van der Waals surface area contributed by atoms with Gasteiger partial charge in [-0.15, -0.1) is 0 Å². The molecule has 0 amide bonds. The lowest BCUT2D eigenvalue weighted by Gasteiger charge is -2.39. The van der Waals surface area contributed by atoms with Crippen molar-refractivity contribution in [2.75, 3.05) is 26.4 Å². The van der Waals surface area contributed by atoms with Crippen LogP contribution in [0.25, 0.3) is 0 Å². The van der Waals surface area contributed by atoms with Crippen molar-refractivity contribution < 1.29 is 33.5 Å². The maximum Gasteiger partial charge on any atom is 0.312 e. The van der Waals surface area contributed by atoms with Gasteiger partial charge in [0.1, 0.15) is 0 Å². The van der Waals surface area contributed by atoms with Crippen LogP contribution >= 0.6 is 0 Å². The Morgan fingerprint density at radius 2 is 1.10 bits per heavy atom. The highest BCUT2D eigenvalue weighted by Crippen LogP contribution is 2.32. The van der Waals surface area contributed by atoms with Gasteiger partial charge in [0.25, 0.3) is 5.97 Å². The minimum absolute atomic E-state index is 0.00546. The third-order valence-corrected chi connectivity index (χ3v) is 6.68. The van der Waals surface area contributed by atoms with E-state index < -0.39 is 17.5 Å². The largest absolute Gasteiger partial charge is 0.327 e. The second-order valence-electron chi connectivity index (χ2n) is 12.9. The van der Waals surface area contributed by atoms with Crippen LogP contribution < -0.4 is 0 Å². The number of unbranched alkanes of at least 4 members (excludes halogenated alkanes) is 8. The molecule has 7 heteroatoms. The molecule has 0 aliphatic carbocycles. The topological polar surface area (TPSA) is 64.6 Å². The van der Waals surface area contributed by atoms with Gasteiger partial charge < -0.3 is 23.7 Å². The Hall–Kier alpha value is -0.280. The van der Waals surface area contributed by atoms with Gasteiger partial charge in [-0.25, -0.2) is 4.89 Å². The van der Waals surface area contributed by atoms with Gasteiger partial charge in [-0.1, -0.05) is 86.5 Å². The highest BCUT2D eigenvalue weighted by atomic mass is 17.3. The summed E-state index contributed by atoms with van der Waals surface area (Å²) in [6, 6.07) is 0. The van der Waals surface area contributed by atoms with E-state index in [1.807, 2.05) is 0 Å². The Bertz CT molecular complexity index is 580. The minimum Gasteiger partial charge on any atom is -0.327 e. The summed E-state index contributed by atoms with van der Waals surface area (Å²) in [5.41, 5.74) is -0.392. The first-order valence-corrected chi connectivity index (χ1v) is 17.1. The summed E-state index contributed by atoms with van der Waals surface area (Å²) < 4.78 is 31.9. The van der Waals surface area contributed by atoms with Crippen LogP contribution in [0.5, 0.6) is 0 Å². The van der Waals surface area contributed by atoms with Crippen molar-refractivity contribution >= 4 is 0 Å². The predicted octanol–water partition coefficient (Wildman–Crippen LogP) is 10.1. The molecule has 0 rings (SSSR count). The molecule has 0 spiro atoms. The Labute approximate surface area is 255 Å². The van der Waals surface area contributed by atoms with Crippen LogP contribution in [0.2, 0.25) is 0 Å². The lowest BCUT2D eigenvalue weighted by Crippen LogP contribution is -2.46. The molecule has 0 aromatic heterocycles. The molecule has 0 aliphatic heterocycles. The molecule has 41 heavy (non-hydrogen) atoms. The molecule has 248 valence electrons. The van der Waals surface area contributed by atoms with Crippen molar-refractivity contribution in [2.24, 2.45) is 5.92 Å². The summed E-state index contributed by atoms with van der Waals surface area (Å²) in [5, 5.41) is 0. The van der Waals surface area contributed by atoms with Crippen molar-refractivity contribution in [3.8, 4) is 0 Å². The summed E-state index contributed by atoms with van der Waals surface area (Å²) in [4.78, 5) is 11.7. The average molecular weight is 591 g/mol. The van der Waals surface area contributed by atoms with Crippen LogP contribution in [-0.4, -0.2) is 50.1 Å². The molecule has 0 aliphatic rings. The molecule has 0 N–H and O–H groups in total. The first-order valence-electron chi connectivity index (χ1n) is 17.1. The number of hydrogen-bond acceptors (Lipinski definition) is 7. The highest BCUT2D eigenvalue weighted by molar-refractivity contribution is 4.69. The maximum atomic E-state index is 6.49. The van der Waals surface area contributed by atoms with Crippen LogP contribution in [-0.2, 0) is 33.5 Å². The van der Waals surface area contributed by atoms with Gasteiger partial charge >= 0.3 is 5.97 Å². The van der Waals surface area contributed by atoms with Crippen molar-refractivity contribution in [1.82, 2.24) is 0 Å². The molecule has 0 fully saturated rings. The van der Waals surface area contributed by atoms with Crippen LogP contribution in [0.4, 0.5) is 0 Å². The minimum atomic E-state index is -1.20. The lowest BCUT2D eigenvalue weighted by atomic mass is 10.1. The summed E-state index contributed by atoms with van der Waals surface area (Å²) in [6.45, 7) is 23.5. The molecule has 7 nitrogen and oxygen atoms in total. The normalized spacial score (nSPS) is 16.2. The second kappa shape index (κ2) is 24.1. The molecule has 0 bridgehead atoms. The second-order valence-corrected chi connectivity index (χ2v) is 12.9. The van der Waals surface area contributed by atoms with Crippen LogP contribution in [0.3, 0.4) is 0 Å². The van der Waals surface area contributed by atoms with E-state index in [-0.39, 0.29) is 6.10 Å². The van der Waals surface area contributed by atoms with Gasteiger partial charge in [-0.2, -0.15) is 4.89 Å². The maximum absolute atomic E-state index is 6.49. The molecule has 3 atom stereocenters. The average Bonchev–Trinajstić information content (AvgIpc) is 2.91. The highest BCUT2D eigenvalue weighted by Gasteiger charge is 2.39. The zero-order valence-electron chi connectivity index (χ0n) is 28.9. The Balaban J connectivity index is 5.42. The van der Waals surface area contributed by atoms with E-state index in [1.165, 1.54) is 12.8 Å². The monoisotopic (exact) mass is 591 g/mol. The molecule has 0 aromatic carbocycles. The quantitative estimate of drug-likeness (QED) is 0.0372. The molecular weight excluding hydrogens is 520 g/mol. The molecule has 0 saturated carbocycles. The third kappa shape index (κ3) is 22.0. The summed E-state index contributed by atoms with van der Waals surface area (Å²) in [5.74, 6) is -1.86. The fraction of sp³-hybridized carbons (Fsp3) is 1.00. The molecule has 0 saturated heterocycles. The van der Waals surface area contributed by atoms with E-state index in [0.29, 0.717) is 45.2 Å². The zero-order chi connectivity index (χ0) is 31.0. The van der Waals surface area contributed by atoms with Crippen LogP contribution in [0, 0.1) is 5.92 Å². The van der Waals surface area contributed by atoms with Gasteiger partial charge in [-0.05, 0) is 72.1 Å². The van der Waals surface area contributed by atoms with Crippen LogP contribution in [0.1, 0.15) is 166 Å². The Kier molecular flexibility index (Phi) is 23.9. The molecule has 0 heterocycles. The van der Waals surface area contributed by atoms with Crippen molar-refractivity contribution in [2.45, 2.75) is 189 Å². The first-order chi connectivity index (χ1) is 19.5. The standard InChI is InChI=1S/C34H70O7/c1-11-15-18-23-28-38-41-34(36-26-17-13-3,39-31(7)14-4)25-21-19-20-24-33(37-29-30(5)6,40-32(8,9)10)35-27-22-16-12-2/h30-31H,11-29H2,1-10H3. The molecule has 3 unspecified atom stereocenters. The van der Waals surface area contributed by atoms with Gasteiger partial charge in [0.05, 0.1) is 38.1 Å². The van der Waals surface area contributed by atoms with Gasteiger partial charge in [0, 0.05) is 12.8 Å². The SMILES string of the molecule is CCCCCCOOC(CCCCCC(OCCCCC)(OCC(C)C)OC(C)(C)C)(OCCCC)OC(C)CC. The Morgan fingerprint density at radius 1 is 0.561 bits per heavy atom. The van der Waals surface area contributed by atoms with E-state index in [0.717, 1.165) is 70.6 Å². The number of rotatable bonds is 29. The van der Waals surface area contributed by atoms with Crippen molar-refractivity contribution in [3.05, 3.63) is 0 Å². The summed E-state index contributed by atoms with van der Waals surface area (Å²) in [7, 11) is 0. The number of hydrogen-bond donors (Lipinski definition) is 0. The van der Waals surface area contributed by atoms with Crippen LogP contribution in [0.15, 0.2) is 0 Å². The van der Waals surface area contributed by atoms with Gasteiger partial charge in [0.2, 0.25) is 0 Å². The van der Waals surface area contributed by atoms with E-state index in [1.54, 1.807) is 0 Å². The van der Waals surface area contributed by atoms with E-state index in [4.69, 9.17) is 33.5 Å². The summed E-state index contributed by atoms with van der Waals surface area (Å²) >= 11 is 0. The number of ether oxygens (including phenoxy) is 5. The van der Waals surface area contributed by atoms with E-state index in [2.05, 4.69) is 69.2 Å². The van der Waals surface area contributed by atoms with E-state index in [9.17, 15) is 0 Å². The van der Waals surface area contributed by atoms with E-state index >= 15 is 0 Å². The molecule has 0 aromatic rings. The molecule has 0 radical (unpaired) electrons. The fourth-order valence-electron chi connectivity index (χ4n) is 4.23. The lowest BCUT2D eigenvalue weighted by molar-refractivity contribution is -0.515. The van der Waals surface area contributed by atoms with Crippen molar-refractivity contribution in [3.63, 3.8) is 0 Å². The Morgan fingerprint density at radius 3 is 1.68 bits per heavy atom.